The number of ketones is 2. The average Bonchev–Trinajstić information content (AvgIpc) is 2.65. The maximum absolute atomic E-state index is 13.8. The molecule has 0 spiro atoms. The molecule has 4 nitrogen and oxygen atoms in total. The first-order valence-corrected chi connectivity index (χ1v) is 8.03. The van der Waals surface area contributed by atoms with Crippen LogP contribution in [0.1, 0.15) is 17.5 Å². The highest BCUT2D eigenvalue weighted by atomic mass is 19.1. The van der Waals surface area contributed by atoms with Crippen LogP contribution in [-0.4, -0.2) is 25.8 Å². The Morgan fingerprint density at radius 3 is 1.59 bits per heavy atom. The molecule has 6 heteroatoms. The van der Waals surface area contributed by atoms with E-state index in [1.165, 1.54) is 50.6 Å². The molecule has 0 aliphatic carbocycles. The van der Waals surface area contributed by atoms with Gasteiger partial charge in [0.2, 0.25) is 0 Å². The van der Waals surface area contributed by atoms with E-state index in [9.17, 15) is 18.4 Å². The average molecular weight is 372 g/mol. The fourth-order valence-corrected chi connectivity index (χ4v) is 2.36. The Hall–Kier alpha value is -3.28. The third kappa shape index (κ3) is 5.34. The summed E-state index contributed by atoms with van der Waals surface area (Å²) in [6.45, 7) is 0. The Balaban J connectivity index is 2.06. The number of rotatable bonds is 8. The number of ether oxygens (including phenoxy) is 2. The zero-order valence-electron chi connectivity index (χ0n) is 14.9. The molecule has 0 aliphatic heterocycles. The highest BCUT2D eigenvalue weighted by molar-refractivity contribution is 6.11. The minimum absolute atomic E-state index is 0.118. The lowest BCUT2D eigenvalue weighted by Gasteiger charge is -2.05. The second-order valence-corrected chi connectivity index (χ2v) is 5.49. The third-order valence-corrected chi connectivity index (χ3v) is 3.69. The van der Waals surface area contributed by atoms with E-state index >= 15 is 0 Å². The van der Waals surface area contributed by atoms with Crippen molar-refractivity contribution >= 4 is 23.7 Å². The predicted molar refractivity (Wildman–Crippen MR) is 98.6 cm³/mol. The van der Waals surface area contributed by atoms with E-state index in [0.29, 0.717) is 0 Å². The van der Waals surface area contributed by atoms with Gasteiger partial charge in [-0.2, -0.15) is 0 Å². The first-order valence-electron chi connectivity index (χ1n) is 8.03. The largest absolute Gasteiger partial charge is 0.496 e. The van der Waals surface area contributed by atoms with Gasteiger partial charge in [0.05, 0.1) is 31.8 Å². The van der Waals surface area contributed by atoms with Crippen LogP contribution in [0.2, 0.25) is 0 Å². The van der Waals surface area contributed by atoms with Gasteiger partial charge in [0.1, 0.15) is 23.1 Å². The predicted octanol–water partition coefficient (Wildman–Crippen LogP) is 4.24. The lowest BCUT2D eigenvalue weighted by Crippen LogP contribution is -2.02. The molecule has 140 valence electrons. The number of benzene rings is 2. The summed E-state index contributed by atoms with van der Waals surface area (Å²) in [6.07, 6.45) is 4.30. The molecule has 0 unspecified atom stereocenters. The van der Waals surface area contributed by atoms with Crippen LogP contribution in [0.3, 0.4) is 0 Å². The Bertz CT molecular complexity index is 828. The van der Waals surface area contributed by atoms with Crippen LogP contribution in [0.25, 0.3) is 12.2 Å². The van der Waals surface area contributed by atoms with Crippen LogP contribution < -0.4 is 9.47 Å². The second kappa shape index (κ2) is 9.43. The lowest BCUT2D eigenvalue weighted by molar-refractivity contribution is -0.121. The molecule has 0 saturated heterocycles. The third-order valence-electron chi connectivity index (χ3n) is 3.69. The van der Waals surface area contributed by atoms with E-state index in [1.54, 1.807) is 12.1 Å². The zero-order valence-corrected chi connectivity index (χ0v) is 14.9. The molecule has 0 saturated carbocycles. The van der Waals surface area contributed by atoms with Gasteiger partial charge in [0.25, 0.3) is 0 Å². The summed E-state index contributed by atoms with van der Waals surface area (Å²) >= 11 is 0. The Morgan fingerprint density at radius 2 is 1.22 bits per heavy atom. The smallest absolute Gasteiger partial charge is 0.163 e. The van der Waals surface area contributed by atoms with Gasteiger partial charge in [-0.3, -0.25) is 9.59 Å². The summed E-state index contributed by atoms with van der Waals surface area (Å²) < 4.78 is 37.7. The lowest BCUT2D eigenvalue weighted by atomic mass is 10.1. The standard InChI is InChI=1S/C21H18F2O4/c1-26-20-7-3-5-18(22)16(20)11-9-14(24)13-15(25)10-12-17-19(23)6-4-8-21(17)27-2/h3-12H,13H2,1-2H3. The van der Waals surface area contributed by atoms with Crippen molar-refractivity contribution in [3.63, 3.8) is 0 Å². The highest BCUT2D eigenvalue weighted by Gasteiger charge is 2.09. The summed E-state index contributed by atoms with van der Waals surface area (Å²) in [5.74, 6) is -1.58. The number of carbonyl (C=O) groups is 2. The van der Waals surface area contributed by atoms with Gasteiger partial charge in [-0.25, -0.2) is 8.78 Å². The van der Waals surface area contributed by atoms with E-state index in [2.05, 4.69) is 0 Å². The van der Waals surface area contributed by atoms with Crippen molar-refractivity contribution in [2.75, 3.05) is 14.2 Å². The van der Waals surface area contributed by atoms with E-state index in [1.807, 2.05) is 0 Å². The van der Waals surface area contributed by atoms with E-state index in [0.717, 1.165) is 12.2 Å². The molecule has 27 heavy (non-hydrogen) atoms. The number of hydrogen-bond acceptors (Lipinski definition) is 4. The number of hydrogen-bond donors (Lipinski definition) is 0. The molecule has 0 radical (unpaired) electrons. The van der Waals surface area contributed by atoms with Crippen LogP contribution in [0, 0.1) is 11.6 Å². The van der Waals surface area contributed by atoms with Gasteiger partial charge in [-0.15, -0.1) is 0 Å². The van der Waals surface area contributed by atoms with Crippen LogP contribution in [-0.2, 0) is 9.59 Å². The van der Waals surface area contributed by atoms with Gasteiger partial charge in [-0.05, 0) is 48.6 Å². The monoisotopic (exact) mass is 372 g/mol. The van der Waals surface area contributed by atoms with Gasteiger partial charge in [-0.1, -0.05) is 12.1 Å². The molecular formula is C21H18F2O4. The molecule has 0 N–H and O–H groups in total. The molecule has 0 fully saturated rings. The molecule has 2 aromatic rings. The molecule has 0 aromatic heterocycles. The Morgan fingerprint density at radius 1 is 0.815 bits per heavy atom. The summed E-state index contributed by atoms with van der Waals surface area (Å²) in [6, 6.07) is 8.56. The van der Waals surface area contributed by atoms with E-state index < -0.39 is 29.6 Å². The van der Waals surface area contributed by atoms with Crippen molar-refractivity contribution < 1.29 is 27.8 Å². The summed E-state index contributed by atoms with van der Waals surface area (Å²) in [7, 11) is 2.78. The number of methoxy groups -OCH3 is 2. The Labute approximate surface area is 155 Å². The maximum Gasteiger partial charge on any atom is 0.163 e. The van der Waals surface area contributed by atoms with Gasteiger partial charge in [0, 0.05) is 0 Å². The van der Waals surface area contributed by atoms with Crippen LogP contribution >= 0.6 is 0 Å². The van der Waals surface area contributed by atoms with Crippen molar-refractivity contribution in [1.82, 2.24) is 0 Å². The van der Waals surface area contributed by atoms with Crippen molar-refractivity contribution in [2.24, 2.45) is 0 Å². The minimum Gasteiger partial charge on any atom is -0.496 e. The maximum atomic E-state index is 13.8. The van der Waals surface area contributed by atoms with Gasteiger partial charge in [0.15, 0.2) is 11.6 Å². The summed E-state index contributed by atoms with van der Waals surface area (Å²) in [5, 5.41) is 0. The SMILES string of the molecule is COc1cccc(F)c1C=CC(=O)CC(=O)C=Cc1c(F)cccc1OC. The molecular weight excluding hydrogens is 354 g/mol. The van der Waals surface area contributed by atoms with Crippen LogP contribution in [0.5, 0.6) is 11.5 Å². The molecule has 0 aliphatic rings. The minimum atomic E-state index is -0.545. The molecule has 0 atom stereocenters. The van der Waals surface area contributed by atoms with Crippen LogP contribution in [0.4, 0.5) is 8.78 Å². The van der Waals surface area contributed by atoms with Crippen molar-refractivity contribution in [3.8, 4) is 11.5 Å². The number of carbonyl (C=O) groups excluding carboxylic acids is 2. The summed E-state index contributed by atoms with van der Waals surface area (Å²) in [5.41, 5.74) is 0.236. The highest BCUT2D eigenvalue weighted by Crippen LogP contribution is 2.23. The van der Waals surface area contributed by atoms with Gasteiger partial charge < -0.3 is 9.47 Å². The topological polar surface area (TPSA) is 52.6 Å². The molecule has 2 aromatic carbocycles. The molecule has 2 rings (SSSR count). The first-order chi connectivity index (χ1) is 13.0. The zero-order chi connectivity index (χ0) is 19.8. The van der Waals surface area contributed by atoms with Crippen molar-refractivity contribution in [2.45, 2.75) is 6.42 Å². The van der Waals surface area contributed by atoms with Crippen molar-refractivity contribution in [3.05, 3.63) is 71.3 Å². The first kappa shape index (κ1) is 20.0. The Kier molecular flexibility index (Phi) is 7.00. The normalized spacial score (nSPS) is 11.1. The molecule has 0 amide bonds. The summed E-state index contributed by atoms with van der Waals surface area (Å²) in [4.78, 5) is 23.9. The van der Waals surface area contributed by atoms with Crippen molar-refractivity contribution in [1.29, 1.82) is 0 Å². The fourth-order valence-electron chi connectivity index (χ4n) is 2.36. The quantitative estimate of drug-likeness (QED) is 0.514. The fraction of sp³-hybridized carbons (Fsp3) is 0.143. The van der Waals surface area contributed by atoms with E-state index in [-0.39, 0.29) is 22.6 Å². The molecule has 0 heterocycles. The molecule has 0 bridgehead atoms. The van der Waals surface area contributed by atoms with Gasteiger partial charge >= 0.3 is 0 Å². The number of halogens is 2. The second-order valence-electron chi connectivity index (χ2n) is 5.49. The van der Waals surface area contributed by atoms with Crippen LogP contribution in [0.15, 0.2) is 48.6 Å². The van der Waals surface area contributed by atoms with E-state index in [4.69, 9.17) is 9.47 Å². The number of allylic oxidation sites excluding steroid dienone is 2.